The Morgan fingerprint density at radius 2 is 2.12 bits per heavy atom. The summed E-state index contributed by atoms with van der Waals surface area (Å²) in [6.07, 6.45) is 8.23. The summed E-state index contributed by atoms with van der Waals surface area (Å²) in [7, 11) is 0. The normalized spacial score (nSPS) is 33.9. The third-order valence-corrected chi connectivity index (χ3v) is 4.82. The SMILES string of the molecule is c1ncn(C2CCN3CCCC23)c1C1CNC1. The minimum Gasteiger partial charge on any atom is -0.330 e. The zero-order valence-corrected chi connectivity index (χ0v) is 10.2. The van der Waals surface area contributed by atoms with Gasteiger partial charge in [-0.2, -0.15) is 0 Å². The summed E-state index contributed by atoms with van der Waals surface area (Å²) in [6, 6.07) is 1.48. The molecule has 17 heavy (non-hydrogen) atoms. The lowest BCUT2D eigenvalue weighted by Crippen LogP contribution is -2.41. The molecule has 2 atom stereocenters. The summed E-state index contributed by atoms with van der Waals surface area (Å²) in [5.41, 5.74) is 1.46. The van der Waals surface area contributed by atoms with Crippen LogP contribution in [0.3, 0.4) is 0 Å². The van der Waals surface area contributed by atoms with Crippen LogP contribution in [0.4, 0.5) is 0 Å². The van der Waals surface area contributed by atoms with Crippen LogP contribution in [0.15, 0.2) is 12.5 Å². The maximum atomic E-state index is 4.40. The molecular weight excluding hydrogens is 212 g/mol. The van der Waals surface area contributed by atoms with E-state index >= 15 is 0 Å². The Morgan fingerprint density at radius 3 is 2.94 bits per heavy atom. The molecule has 2 unspecified atom stereocenters. The lowest BCUT2D eigenvalue weighted by molar-refractivity contribution is 0.283. The molecule has 4 rings (SSSR count). The first-order chi connectivity index (χ1) is 8.43. The number of fused-ring (bicyclic) bond motifs is 1. The topological polar surface area (TPSA) is 33.1 Å². The van der Waals surface area contributed by atoms with Crippen molar-refractivity contribution in [1.82, 2.24) is 19.8 Å². The van der Waals surface area contributed by atoms with Crippen molar-refractivity contribution in [3.8, 4) is 0 Å². The summed E-state index contributed by atoms with van der Waals surface area (Å²) in [4.78, 5) is 7.07. The molecule has 0 aliphatic carbocycles. The van der Waals surface area contributed by atoms with Crippen molar-refractivity contribution < 1.29 is 0 Å². The fourth-order valence-corrected chi connectivity index (χ4v) is 3.79. The highest BCUT2D eigenvalue weighted by Crippen LogP contribution is 2.37. The van der Waals surface area contributed by atoms with Crippen molar-refractivity contribution in [1.29, 1.82) is 0 Å². The van der Waals surface area contributed by atoms with Crippen LogP contribution in [0.2, 0.25) is 0 Å². The van der Waals surface area contributed by atoms with Crippen LogP contribution in [0.5, 0.6) is 0 Å². The molecule has 3 saturated heterocycles. The van der Waals surface area contributed by atoms with E-state index in [-0.39, 0.29) is 0 Å². The van der Waals surface area contributed by atoms with Crippen LogP contribution in [0.1, 0.15) is 36.9 Å². The summed E-state index contributed by atoms with van der Waals surface area (Å²) < 4.78 is 2.49. The molecule has 0 saturated carbocycles. The largest absolute Gasteiger partial charge is 0.330 e. The van der Waals surface area contributed by atoms with Gasteiger partial charge in [-0.15, -0.1) is 0 Å². The number of hydrogen-bond donors (Lipinski definition) is 1. The van der Waals surface area contributed by atoms with Gasteiger partial charge in [-0.1, -0.05) is 0 Å². The van der Waals surface area contributed by atoms with Crippen LogP contribution in [-0.2, 0) is 0 Å². The van der Waals surface area contributed by atoms with Crippen molar-refractivity contribution >= 4 is 0 Å². The van der Waals surface area contributed by atoms with Gasteiger partial charge in [-0.25, -0.2) is 4.98 Å². The maximum Gasteiger partial charge on any atom is 0.0951 e. The average Bonchev–Trinajstić information content (AvgIpc) is 2.87. The van der Waals surface area contributed by atoms with E-state index in [9.17, 15) is 0 Å². The van der Waals surface area contributed by atoms with E-state index in [0.29, 0.717) is 12.0 Å². The average molecular weight is 232 g/mol. The molecule has 0 spiro atoms. The molecule has 4 nitrogen and oxygen atoms in total. The molecule has 0 bridgehead atoms. The van der Waals surface area contributed by atoms with Gasteiger partial charge in [0.15, 0.2) is 0 Å². The quantitative estimate of drug-likeness (QED) is 0.825. The molecule has 0 aromatic carbocycles. The van der Waals surface area contributed by atoms with Crippen molar-refractivity contribution in [2.24, 2.45) is 0 Å². The van der Waals surface area contributed by atoms with Gasteiger partial charge < -0.3 is 9.88 Å². The van der Waals surface area contributed by atoms with Crippen LogP contribution >= 0.6 is 0 Å². The molecule has 4 heterocycles. The highest BCUT2D eigenvalue weighted by Gasteiger charge is 2.39. The zero-order valence-electron chi connectivity index (χ0n) is 10.2. The first-order valence-electron chi connectivity index (χ1n) is 6.90. The second kappa shape index (κ2) is 3.82. The van der Waals surface area contributed by atoms with E-state index in [1.165, 1.54) is 38.0 Å². The smallest absolute Gasteiger partial charge is 0.0951 e. The number of rotatable bonds is 2. The third-order valence-electron chi connectivity index (χ3n) is 4.82. The number of hydrogen-bond acceptors (Lipinski definition) is 3. The van der Waals surface area contributed by atoms with E-state index in [1.54, 1.807) is 0 Å². The Bertz CT molecular complexity index is 409. The predicted molar refractivity (Wildman–Crippen MR) is 66.1 cm³/mol. The number of nitrogens with one attached hydrogen (secondary N) is 1. The highest BCUT2D eigenvalue weighted by atomic mass is 15.3. The molecule has 1 aromatic heterocycles. The van der Waals surface area contributed by atoms with Gasteiger partial charge in [0.05, 0.1) is 12.4 Å². The fourth-order valence-electron chi connectivity index (χ4n) is 3.79. The molecule has 0 amide bonds. The first-order valence-corrected chi connectivity index (χ1v) is 6.90. The minimum atomic E-state index is 0.690. The summed E-state index contributed by atoms with van der Waals surface area (Å²) in [6.45, 7) is 4.87. The lowest BCUT2D eigenvalue weighted by atomic mass is 9.98. The predicted octanol–water partition coefficient (Wildman–Crippen LogP) is 0.979. The second-order valence-electron chi connectivity index (χ2n) is 5.68. The van der Waals surface area contributed by atoms with Crippen molar-refractivity contribution in [2.45, 2.75) is 37.3 Å². The number of nitrogens with zero attached hydrogens (tertiary/aromatic N) is 3. The lowest BCUT2D eigenvalue weighted by Gasteiger charge is -2.31. The summed E-state index contributed by atoms with van der Waals surface area (Å²) >= 11 is 0. The van der Waals surface area contributed by atoms with Crippen molar-refractivity contribution in [2.75, 3.05) is 26.2 Å². The van der Waals surface area contributed by atoms with Gasteiger partial charge in [0.2, 0.25) is 0 Å². The van der Waals surface area contributed by atoms with Crippen LogP contribution < -0.4 is 5.32 Å². The molecule has 1 aromatic rings. The fraction of sp³-hybridized carbons (Fsp3) is 0.769. The van der Waals surface area contributed by atoms with Crippen LogP contribution in [0.25, 0.3) is 0 Å². The first kappa shape index (κ1) is 10.1. The standard InChI is InChI=1S/C13H20N4/c1-2-11-12(3-5-16(11)4-1)17-9-15-8-13(17)10-6-14-7-10/h8-12,14H,1-7H2. The Morgan fingerprint density at radius 1 is 1.18 bits per heavy atom. The van der Waals surface area contributed by atoms with Crippen molar-refractivity contribution in [3.63, 3.8) is 0 Å². The maximum absolute atomic E-state index is 4.40. The van der Waals surface area contributed by atoms with Crippen molar-refractivity contribution in [3.05, 3.63) is 18.2 Å². The minimum absolute atomic E-state index is 0.690. The summed E-state index contributed by atoms with van der Waals surface area (Å²) in [5, 5.41) is 3.36. The zero-order chi connectivity index (χ0) is 11.2. The number of imidazole rings is 1. The Labute approximate surface area is 102 Å². The number of aromatic nitrogens is 2. The summed E-state index contributed by atoms with van der Waals surface area (Å²) in [5.74, 6) is 0.702. The van der Waals surface area contributed by atoms with Gasteiger partial charge in [-0.3, -0.25) is 4.90 Å². The van der Waals surface area contributed by atoms with Gasteiger partial charge in [0, 0.05) is 43.5 Å². The molecule has 0 radical (unpaired) electrons. The highest BCUT2D eigenvalue weighted by molar-refractivity contribution is 5.14. The van der Waals surface area contributed by atoms with Crippen LogP contribution in [-0.4, -0.2) is 46.7 Å². The van der Waals surface area contributed by atoms with Crippen LogP contribution in [0, 0.1) is 0 Å². The van der Waals surface area contributed by atoms with E-state index < -0.39 is 0 Å². The van der Waals surface area contributed by atoms with E-state index in [4.69, 9.17) is 0 Å². The molecule has 3 fully saturated rings. The van der Waals surface area contributed by atoms with E-state index in [1.807, 2.05) is 0 Å². The molecular formula is C13H20N4. The van der Waals surface area contributed by atoms with Gasteiger partial charge in [-0.05, 0) is 25.8 Å². The van der Waals surface area contributed by atoms with E-state index in [2.05, 4.69) is 32.3 Å². The van der Waals surface area contributed by atoms with Gasteiger partial charge in [0.1, 0.15) is 0 Å². The molecule has 92 valence electrons. The molecule has 3 aliphatic rings. The van der Waals surface area contributed by atoms with Gasteiger partial charge >= 0.3 is 0 Å². The molecule has 1 N–H and O–H groups in total. The Kier molecular flexibility index (Phi) is 2.27. The Hall–Kier alpha value is -0.870. The Balaban J connectivity index is 1.63. The molecule has 3 aliphatic heterocycles. The second-order valence-corrected chi connectivity index (χ2v) is 5.68. The third kappa shape index (κ3) is 1.47. The van der Waals surface area contributed by atoms with E-state index in [0.717, 1.165) is 19.1 Å². The van der Waals surface area contributed by atoms with Gasteiger partial charge in [0.25, 0.3) is 0 Å². The molecule has 4 heteroatoms. The monoisotopic (exact) mass is 232 g/mol.